The number of benzene rings is 2. The standard InChI is InChI=1S/C19H18N2O2S/c22-18(12-23-15-9-8-13-4-3-5-14(13)10-15)20-11-19-21-16-6-1-2-7-17(16)24-19/h1-2,6-10H,3-5,11-12H2,(H,20,22). The van der Waals surface area contributed by atoms with Gasteiger partial charge >= 0.3 is 0 Å². The van der Waals surface area contributed by atoms with E-state index >= 15 is 0 Å². The van der Waals surface area contributed by atoms with Crippen LogP contribution in [0.1, 0.15) is 22.6 Å². The van der Waals surface area contributed by atoms with Gasteiger partial charge in [-0.2, -0.15) is 0 Å². The Balaban J connectivity index is 1.30. The number of amides is 1. The minimum atomic E-state index is -0.130. The normalized spacial score (nSPS) is 13.0. The third kappa shape index (κ3) is 3.26. The van der Waals surface area contributed by atoms with Crippen molar-refractivity contribution < 1.29 is 9.53 Å². The number of hydrogen-bond acceptors (Lipinski definition) is 4. The van der Waals surface area contributed by atoms with Crippen LogP contribution in [-0.4, -0.2) is 17.5 Å². The Bertz CT molecular complexity index is 855. The van der Waals surface area contributed by atoms with Crippen molar-refractivity contribution >= 4 is 27.5 Å². The van der Waals surface area contributed by atoms with Gasteiger partial charge in [0.15, 0.2) is 6.61 Å². The van der Waals surface area contributed by atoms with Crippen molar-refractivity contribution in [3.8, 4) is 5.75 Å². The number of fused-ring (bicyclic) bond motifs is 2. The molecule has 1 aromatic heterocycles. The highest BCUT2D eigenvalue weighted by molar-refractivity contribution is 7.18. The van der Waals surface area contributed by atoms with Crippen molar-refractivity contribution in [3.63, 3.8) is 0 Å². The van der Waals surface area contributed by atoms with E-state index in [1.165, 1.54) is 17.5 Å². The van der Waals surface area contributed by atoms with E-state index in [2.05, 4.69) is 22.4 Å². The third-order valence-electron chi connectivity index (χ3n) is 4.21. The summed E-state index contributed by atoms with van der Waals surface area (Å²) in [5.41, 5.74) is 3.73. The van der Waals surface area contributed by atoms with Crippen molar-refractivity contribution in [1.82, 2.24) is 10.3 Å². The summed E-state index contributed by atoms with van der Waals surface area (Å²) in [6.45, 7) is 0.468. The second-order valence-corrected chi connectivity index (χ2v) is 7.04. The Morgan fingerprint density at radius 3 is 2.96 bits per heavy atom. The monoisotopic (exact) mass is 338 g/mol. The molecule has 2 aromatic carbocycles. The number of hydrogen-bond donors (Lipinski definition) is 1. The predicted octanol–water partition coefficient (Wildman–Crippen LogP) is 3.48. The van der Waals surface area contributed by atoms with Crippen molar-refractivity contribution in [2.45, 2.75) is 25.8 Å². The zero-order chi connectivity index (χ0) is 16.4. The predicted molar refractivity (Wildman–Crippen MR) is 95.4 cm³/mol. The summed E-state index contributed by atoms with van der Waals surface area (Å²) in [6, 6.07) is 14.1. The molecule has 0 bridgehead atoms. The van der Waals surface area contributed by atoms with E-state index in [1.807, 2.05) is 30.3 Å². The van der Waals surface area contributed by atoms with Crippen LogP contribution in [0.25, 0.3) is 10.2 Å². The van der Waals surface area contributed by atoms with Crippen LogP contribution in [0.15, 0.2) is 42.5 Å². The van der Waals surface area contributed by atoms with Crippen LogP contribution in [0.3, 0.4) is 0 Å². The number of aryl methyl sites for hydroxylation is 2. The Hall–Kier alpha value is -2.40. The topological polar surface area (TPSA) is 51.2 Å². The van der Waals surface area contributed by atoms with Gasteiger partial charge in [0.1, 0.15) is 10.8 Å². The molecule has 1 heterocycles. The highest BCUT2D eigenvalue weighted by Crippen LogP contribution is 2.26. The summed E-state index contributed by atoms with van der Waals surface area (Å²) in [5, 5.41) is 3.77. The lowest BCUT2D eigenvalue weighted by Gasteiger charge is -2.08. The molecule has 1 N–H and O–H groups in total. The Morgan fingerprint density at radius 1 is 1.17 bits per heavy atom. The molecule has 0 spiro atoms. The van der Waals surface area contributed by atoms with Crippen molar-refractivity contribution in [2.75, 3.05) is 6.61 Å². The summed E-state index contributed by atoms with van der Waals surface area (Å²) in [4.78, 5) is 16.5. The Kier molecular flexibility index (Phi) is 4.17. The van der Waals surface area contributed by atoms with E-state index in [1.54, 1.807) is 11.3 Å². The molecule has 3 aromatic rings. The number of ether oxygens (including phenoxy) is 1. The number of aromatic nitrogens is 1. The first-order chi connectivity index (χ1) is 11.8. The van der Waals surface area contributed by atoms with Crippen LogP contribution >= 0.6 is 11.3 Å². The average Bonchev–Trinajstić information content (AvgIpc) is 3.23. The molecule has 0 radical (unpaired) electrons. The zero-order valence-electron chi connectivity index (χ0n) is 13.2. The van der Waals surface area contributed by atoms with Crippen LogP contribution in [0.2, 0.25) is 0 Å². The van der Waals surface area contributed by atoms with Crippen LogP contribution in [0.4, 0.5) is 0 Å². The molecule has 0 aliphatic heterocycles. The van der Waals surface area contributed by atoms with E-state index < -0.39 is 0 Å². The molecule has 0 fully saturated rings. The maximum atomic E-state index is 12.0. The Morgan fingerprint density at radius 2 is 2.04 bits per heavy atom. The quantitative estimate of drug-likeness (QED) is 0.775. The molecule has 1 aliphatic carbocycles. The van der Waals surface area contributed by atoms with Gasteiger partial charge in [-0.05, 0) is 54.7 Å². The lowest BCUT2D eigenvalue weighted by molar-refractivity contribution is -0.123. The number of nitrogens with one attached hydrogen (secondary N) is 1. The fourth-order valence-corrected chi connectivity index (χ4v) is 3.91. The van der Waals surface area contributed by atoms with Crippen LogP contribution in [-0.2, 0) is 24.2 Å². The van der Waals surface area contributed by atoms with Crippen molar-refractivity contribution in [2.24, 2.45) is 0 Å². The van der Waals surface area contributed by atoms with E-state index in [0.717, 1.165) is 33.8 Å². The highest BCUT2D eigenvalue weighted by Gasteiger charge is 2.12. The van der Waals surface area contributed by atoms with Crippen LogP contribution in [0.5, 0.6) is 5.75 Å². The average molecular weight is 338 g/mol. The van der Waals surface area contributed by atoms with E-state index in [4.69, 9.17) is 4.74 Å². The highest BCUT2D eigenvalue weighted by atomic mass is 32.1. The first kappa shape index (κ1) is 15.1. The summed E-state index contributed by atoms with van der Waals surface area (Å²) in [7, 11) is 0. The number of carbonyl (C=O) groups is 1. The van der Waals surface area contributed by atoms with E-state index in [9.17, 15) is 4.79 Å². The van der Waals surface area contributed by atoms with Gasteiger partial charge in [0.25, 0.3) is 5.91 Å². The molecule has 4 rings (SSSR count). The van der Waals surface area contributed by atoms with E-state index in [0.29, 0.717) is 6.54 Å². The first-order valence-electron chi connectivity index (χ1n) is 8.14. The van der Waals surface area contributed by atoms with Gasteiger partial charge in [0, 0.05) is 0 Å². The van der Waals surface area contributed by atoms with Crippen molar-refractivity contribution in [1.29, 1.82) is 0 Å². The Labute approximate surface area is 144 Å². The van der Waals surface area contributed by atoms with Gasteiger partial charge in [-0.15, -0.1) is 11.3 Å². The van der Waals surface area contributed by atoms with Gasteiger partial charge in [0.05, 0.1) is 16.8 Å². The second-order valence-electron chi connectivity index (χ2n) is 5.92. The van der Waals surface area contributed by atoms with Gasteiger partial charge in [0.2, 0.25) is 0 Å². The zero-order valence-corrected chi connectivity index (χ0v) is 14.1. The van der Waals surface area contributed by atoms with E-state index in [-0.39, 0.29) is 12.5 Å². The maximum absolute atomic E-state index is 12.0. The number of carbonyl (C=O) groups excluding carboxylic acids is 1. The third-order valence-corrected chi connectivity index (χ3v) is 5.25. The summed E-state index contributed by atoms with van der Waals surface area (Å²) >= 11 is 1.60. The first-order valence-corrected chi connectivity index (χ1v) is 8.95. The van der Waals surface area contributed by atoms with Crippen LogP contribution in [0, 0.1) is 0 Å². The molecular weight excluding hydrogens is 320 g/mol. The smallest absolute Gasteiger partial charge is 0.258 e. The molecular formula is C19H18N2O2S. The molecule has 5 heteroatoms. The number of rotatable bonds is 5. The molecule has 0 atom stereocenters. The molecule has 0 unspecified atom stereocenters. The van der Waals surface area contributed by atoms with Gasteiger partial charge in [-0.25, -0.2) is 4.98 Å². The number of para-hydroxylation sites is 1. The lowest BCUT2D eigenvalue weighted by Crippen LogP contribution is -2.28. The lowest BCUT2D eigenvalue weighted by atomic mass is 10.1. The second kappa shape index (κ2) is 6.61. The summed E-state index contributed by atoms with van der Waals surface area (Å²) in [6.07, 6.45) is 3.47. The molecule has 0 saturated heterocycles. The summed E-state index contributed by atoms with van der Waals surface area (Å²) < 4.78 is 6.75. The molecule has 4 nitrogen and oxygen atoms in total. The van der Waals surface area contributed by atoms with Gasteiger partial charge in [-0.3, -0.25) is 4.79 Å². The molecule has 122 valence electrons. The molecule has 0 saturated carbocycles. The minimum absolute atomic E-state index is 0.0314. The molecule has 24 heavy (non-hydrogen) atoms. The number of nitrogens with zero attached hydrogens (tertiary/aromatic N) is 1. The molecule has 1 aliphatic rings. The maximum Gasteiger partial charge on any atom is 0.258 e. The van der Waals surface area contributed by atoms with Gasteiger partial charge < -0.3 is 10.1 Å². The minimum Gasteiger partial charge on any atom is -0.484 e. The fraction of sp³-hybridized carbons (Fsp3) is 0.263. The molecule has 1 amide bonds. The summed E-state index contributed by atoms with van der Waals surface area (Å²) in [5.74, 6) is 0.639. The largest absolute Gasteiger partial charge is 0.484 e. The van der Waals surface area contributed by atoms with Crippen LogP contribution < -0.4 is 10.1 Å². The number of thiazole rings is 1. The SMILES string of the molecule is O=C(COc1ccc2c(c1)CCC2)NCc1nc2ccccc2s1. The fourth-order valence-electron chi connectivity index (χ4n) is 3.01. The van der Waals surface area contributed by atoms with Gasteiger partial charge in [-0.1, -0.05) is 18.2 Å². The van der Waals surface area contributed by atoms with Crippen molar-refractivity contribution in [3.05, 3.63) is 58.6 Å².